The highest BCUT2D eigenvalue weighted by Gasteiger charge is 2.23. The van der Waals surface area contributed by atoms with Crippen molar-refractivity contribution in [2.24, 2.45) is 5.92 Å². The van der Waals surface area contributed by atoms with Crippen molar-refractivity contribution in [2.75, 3.05) is 24.6 Å². The van der Waals surface area contributed by atoms with E-state index in [4.69, 9.17) is 4.74 Å². The Morgan fingerprint density at radius 1 is 1.24 bits per heavy atom. The summed E-state index contributed by atoms with van der Waals surface area (Å²) >= 11 is 1.61. The summed E-state index contributed by atoms with van der Waals surface area (Å²) in [6, 6.07) is 11.4. The van der Waals surface area contributed by atoms with Gasteiger partial charge in [0.2, 0.25) is 0 Å². The van der Waals surface area contributed by atoms with Crippen molar-refractivity contribution in [1.82, 2.24) is 14.5 Å². The van der Waals surface area contributed by atoms with Gasteiger partial charge in [-0.25, -0.2) is 9.78 Å². The molecule has 170 valence electrons. The quantitative estimate of drug-likeness (QED) is 0.412. The monoisotopic (exact) mass is 462 g/mol. The first-order valence-corrected chi connectivity index (χ1v) is 11.9. The average molecular weight is 463 g/mol. The number of ether oxygens (including phenoxy) is 1. The molecule has 1 aliphatic rings. The molecule has 0 amide bonds. The number of hydrogen-bond acceptors (Lipinski definition) is 6. The Morgan fingerprint density at radius 3 is 2.79 bits per heavy atom. The third-order valence-corrected chi connectivity index (χ3v) is 7.14. The second kappa shape index (κ2) is 8.86. The van der Waals surface area contributed by atoms with E-state index in [9.17, 15) is 9.90 Å². The van der Waals surface area contributed by atoms with Crippen molar-refractivity contribution >= 4 is 33.3 Å². The summed E-state index contributed by atoms with van der Waals surface area (Å²) in [6.45, 7) is 7.11. The Morgan fingerprint density at radius 2 is 2.06 bits per heavy atom. The predicted octanol–water partition coefficient (Wildman–Crippen LogP) is 5.09. The van der Waals surface area contributed by atoms with Gasteiger partial charge in [0.05, 0.1) is 22.6 Å². The van der Waals surface area contributed by atoms with Crippen molar-refractivity contribution in [3.05, 3.63) is 60.0 Å². The lowest BCUT2D eigenvalue weighted by Crippen LogP contribution is -2.18. The van der Waals surface area contributed by atoms with Crippen LogP contribution in [0.3, 0.4) is 0 Å². The van der Waals surface area contributed by atoms with Gasteiger partial charge in [0.1, 0.15) is 18.1 Å². The van der Waals surface area contributed by atoms with Gasteiger partial charge < -0.3 is 19.3 Å². The molecular weight excluding hydrogens is 436 g/mol. The number of rotatable bonds is 7. The van der Waals surface area contributed by atoms with E-state index in [1.807, 2.05) is 43.5 Å². The highest BCUT2D eigenvalue weighted by atomic mass is 32.1. The number of aromatic nitrogens is 3. The Bertz CT molecular complexity index is 1290. The summed E-state index contributed by atoms with van der Waals surface area (Å²) in [5.74, 6) is 0.474. The minimum absolute atomic E-state index is 0.227. The number of aryl methyl sites for hydroxylation is 1. The highest BCUT2D eigenvalue weighted by Crippen LogP contribution is 2.36. The third-order valence-electron chi connectivity index (χ3n) is 6.07. The number of carboxylic acids is 1. The van der Waals surface area contributed by atoms with Gasteiger partial charge in [0.25, 0.3) is 0 Å². The van der Waals surface area contributed by atoms with E-state index in [1.165, 1.54) is 6.42 Å². The molecule has 0 spiro atoms. The molecule has 0 saturated carbocycles. The van der Waals surface area contributed by atoms with Crippen molar-refractivity contribution in [3.8, 4) is 16.3 Å². The van der Waals surface area contributed by atoms with Crippen LogP contribution in [-0.4, -0.2) is 45.3 Å². The molecular formula is C25H26N4O3S. The van der Waals surface area contributed by atoms with Crippen LogP contribution < -0.4 is 9.64 Å². The number of carboxylic acid groups (broad SMARTS) is 1. The van der Waals surface area contributed by atoms with Gasteiger partial charge in [-0.15, -0.1) is 0 Å². The largest absolute Gasteiger partial charge is 0.492 e. The summed E-state index contributed by atoms with van der Waals surface area (Å²) < 4.78 is 7.65. The van der Waals surface area contributed by atoms with E-state index < -0.39 is 5.97 Å². The zero-order chi connectivity index (χ0) is 22.9. The summed E-state index contributed by atoms with van der Waals surface area (Å²) in [5, 5.41) is 11.7. The van der Waals surface area contributed by atoms with Gasteiger partial charge in [-0.05, 0) is 43.5 Å². The summed E-state index contributed by atoms with van der Waals surface area (Å²) in [6.07, 6.45) is 4.76. The van der Waals surface area contributed by atoms with E-state index in [2.05, 4.69) is 21.8 Å². The van der Waals surface area contributed by atoms with Crippen LogP contribution >= 0.6 is 11.3 Å². The van der Waals surface area contributed by atoms with E-state index in [1.54, 1.807) is 28.2 Å². The standard InChI is InChI=1S/C25H26N4O3S/c1-16-3-5-18(6-4-16)32-12-11-29-20-7-9-26-23(19(20)13-21(29)24(30)31)22-14-27-25(33-22)28-10-8-17(2)15-28/h3-7,9,13-14,17H,8,10-12,15H2,1-2H3,(H,30,31). The number of carbonyl (C=O) groups is 1. The number of anilines is 1. The summed E-state index contributed by atoms with van der Waals surface area (Å²) in [5.41, 5.74) is 2.99. The second-order valence-corrected chi connectivity index (χ2v) is 9.60. The van der Waals surface area contributed by atoms with Gasteiger partial charge in [0.15, 0.2) is 5.13 Å². The van der Waals surface area contributed by atoms with Gasteiger partial charge in [-0.2, -0.15) is 0 Å². The van der Waals surface area contributed by atoms with Crippen LogP contribution in [0, 0.1) is 12.8 Å². The molecule has 0 radical (unpaired) electrons. The van der Waals surface area contributed by atoms with Crippen LogP contribution in [0.5, 0.6) is 5.75 Å². The third kappa shape index (κ3) is 4.30. The van der Waals surface area contributed by atoms with Gasteiger partial charge in [-0.3, -0.25) is 4.98 Å². The Hall–Kier alpha value is -3.39. The molecule has 0 bridgehead atoms. The second-order valence-electron chi connectivity index (χ2n) is 8.59. The maximum absolute atomic E-state index is 12.0. The fourth-order valence-corrected chi connectivity index (χ4v) is 5.28. The summed E-state index contributed by atoms with van der Waals surface area (Å²) in [4.78, 5) is 24.5. The minimum Gasteiger partial charge on any atom is -0.492 e. The Kier molecular flexibility index (Phi) is 5.76. The molecule has 1 saturated heterocycles. The number of aromatic carboxylic acids is 1. The summed E-state index contributed by atoms with van der Waals surface area (Å²) in [7, 11) is 0. The lowest BCUT2D eigenvalue weighted by Gasteiger charge is -2.13. The molecule has 1 atom stereocenters. The normalized spacial score (nSPS) is 15.9. The van der Waals surface area contributed by atoms with Crippen LogP contribution in [0.15, 0.2) is 48.8 Å². The van der Waals surface area contributed by atoms with Gasteiger partial charge in [-0.1, -0.05) is 36.0 Å². The first kappa shape index (κ1) is 21.5. The molecule has 3 aromatic heterocycles. The van der Waals surface area contributed by atoms with Crippen LogP contribution in [0.4, 0.5) is 5.13 Å². The van der Waals surface area contributed by atoms with E-state index in [0.717, 1.165) is 51.0 Å². The van der Waals surface area contributed by atoms with Crippen LogP contribution in [0.25, 0.3) is 21.5 Å². The molecule has 0 aliphatic carbocycles. The van der Waals surface area contributed by atoms with Gasteiger partial charge >= 0.3 is 5.97 Å². The Balaban J connectivity index is 1.44. The number of thiazole rings is 1. The number of benzene rings is 1. The molecule has 5 rings (SSSR count). The topological polar surface area (TPSA) is 80.5 Å². The molecule has 4 heterocycles. The fraction of sp³-hybridized carbons (Fsp3) is 0.320. The zero-order valence-electron chi connectivity index (χ0n) is 18.7. The lowest BCUT2D eigenvalue weighted by atomic mass is 10.2. The predicted molar refractivity (Wildman–Crippen MR) is 130 cm³/mol. The zero-order valence-corrected chi connectivity index (χ0v) is 19.5. The maximum atomic E-state index is 12.0. The van der Waals surface area contributed by atoms with Crippen molar-refractivity contribution in [1.29, 1.82) is 0 Å². The molecule has 1 fully saturated rings. The van der Waals surface area contributed by atoms with Crippen LogP contribution in [0.1, 0.15) is 29.4 Å². The lowest BCUT2D eigenvalue weighted by molar-refractivity contribution is 0.0684. The van der Waals surface area contributed by atoms with Crippen molar-refractivity contribution in [3.63, 3.8) is 0 Å². The molecule has 1 unspecified atom stereocenters. The molecule has 1 aromatic carbocycles. The number of hydrogen-bond donors (Lipinski definition) is 1. The first-order chi connectivity index (χ1) is 16.0. The minimum atomic E-state index is -0.969. The first-order valence-electron chi connectivity index (χ1n) is 11.1. The van der Waals surface area contributed by atoms with E-state index >= 15 is 0 Å². The van der Waals surface area contributed by atoms with Crippen molar-refractivity contribution < 1.29 is 14.6 Å². The van der Waals surface area contributed by atoms with Gasteiger partial charge in [0, 0.05) is 30.9 Å². The molecule has 7 nitrogen and oxygen atoms in total. The number of pyridine rings is 1. The van der Waals surface area contributed by atoms with Crippen LogP contribution in [0.2, 0.25) is 0 Å². The molecule has 1 aliphatic heterocycles. The SMILES string of the molecule is Cc1ccc(OCCn2c(C(=O)O)cc3c(-c4cnc(N5CCC(C)C5)s4)nccc32)cc1. The average Bonchev–Trinajstić information content (AvgIpc) is 3.53. The van der Waals surface area contributed by atoms with E-state index in [0.29, 0.717) is 19.1 Å². The molecule has 4 aromatic rings. The van der Waals surface area contributed by atoms with Crippen molar-refractivity contribution in [2.45, 2.75) is 26.8 Å². The van der Waals surface area contributed by atoms with Crippen LogP contribution in [-0.2, 0) is 6.54 Å². The number of nitrogens with zero attached hydrogens (tertiary/aromatic N) is 4. The maximum Gasteiger partial charge on any atom is 0.352 e. The molecule has 8 heteroatoms. The smallest absolute Gasteiger partial charge is 0.352 e. The molecule has 33 heavy (non-hydrogen) atoms. The number of fused-ring (bicyclic) bond motifs is 1. The molecule has 1 N–H and O–H groups in total. The highest BCUT2D eigenvalue weighted by molar-refractivity contribution is 7.19. The fourth-order valence-electron chi connectivity index (χ4n) is 4.32. The Labute approximate surface area is 196 Å². The van der Waals surface area contributed by atoms with E-state index in [-0.39, 0.29) is 5.69 Å².